The molecule has 22 heavy (non-hydrogen) atoms. The Bertz CT molecular complexity index is 634. The van der Waals surface area contributed by atoms with Gasteiger partial charge in [0.2, 0.25) is 0 Å². The van der Waals surface area contributed by atoms with Crippen LogP contribution in [0.5, 0.6) is 0 Å². The van der Waals surface area contributed by atoms with Crippen molar-refractivity contribution < 1.29 is 54.7 Å². The zero-order valence-electron chi connectivity index (χ0n) is 11.0. The number of halogens is 6. The zero-order chi connectivity index (χ0) is 15.7. The van der Waals surface area contributed by atoms with E-state index in [0.717, 1.165) is 4.90 Å². The smallest absolute Gasteiger partial charge is 0.256 e. The standard InChI is InChI=1S/C14H8ClF5N.Y/c1-7-9(15)2-3-12(21(7)6-13(18)19)8-4-10(16)14(20)11(17)5-8;/h2,4-5,13H,1,6H2;/q-1;. The van der Waals surface area contributed by atoms with Crippen molar-refractivity contribution in [2.45, 2.75) is 6.43 Å². The van der Waals surface area contributed by atoms with E-state index in [2.05, 4.69) is 12.7 Å². The number of hydrogen-bond acceptors (Lipinski definition) is 1. The summed E-state index contributed by atoms with van der Waals surface area (Å²) in [5.74, 6) is -4.49. The van der Waals surface area contributed by atoms with Gasteiger partial charge in [0.1, 0.15) is 0 Å². The summed E-state index contributed by atoms with van der Waals surface area (Å²) in [7, 11) is 0. The number of alkyl halides is 2. The van der Waals surface area contributed by atoms with Gasteiger partial charge in [-0.25, -0.2) is 22.0 Å². The Kier molecular flexibility index (Phi) is 6.77. The summed E-state index contributed by atoms with van der Waals surface area (Å²) in [6.45, 7) is 2.75. The Labute approximate surface area is 154 Å². The molecule has 1 aromatic carbocycles. The average molecular weight is 410 g/mol. The summed E-state index contributed by atoms with van der Waals surface area (Å²) in [4.78, 5) is 0.971. The van der Waals surface area contributed by atoms with Crippen LogP contribution < -0.4 is 0 Å². The van der Waals surface area contributed by atoms with E-state index in [9.17, 15) is 22.0 Å². The average Bonchev–Trinajstić information content (AvgIpc) is 2.40. The van der Waals surface area contributed by atoms with E-state index in [4.69, 9.17) is 11.6 Å². The van der Waals surface area contributed by atoms with Gasteiger partial charge in [0.25, 0.3) is 6.43 Å². The van der Waals surface area contributed by atoms with Crippen molar-refractivity contribution in [1.82, 2.24) is 4.90 Å². The summed E-state index contributed by atoms with van der Waals surface area (Å²) in [5.41, 5.74) is -0.174. The Morgan fingerprint density at radius 1 is 1.18 bits per heavy atom. The molecule has 1 aromatic rings. The molecule has 0 unspecified atom stereocenters. The molecule has 0 atom stereocenters. The van der Waals surface area contributed by atoms with Crippen LogP contribution in [0.2, 0.25) is 0 Å². The third-order valence-electron chi connectivity index (χ3n) is 2.78. The third kappa shape index (κ3) is 3.97. The molecule has 1 aliphatic rings. The fourth-order valence-corrected chi connectivity index (χ4v) is 1.98. The fraction of sp³-hybridized carbons (Fsp3) is 0.143. The second-order valence-electron chi connectivity index (χ2n) is 4.19. The van der Waals surface area contributed by atoms with Gasteiger partial charge >= 0.3 is 0 Å². The van der Waals surface area contributed by atoms with Crippen molar-refractivity contribution in [3.8, 4) is 0 Å². The monoisotopic (exact) mass is 409 g/mol. The van der Waals surface area contributed by atoms with Gasteiger partial charge < -0.3 is 4.90 Å². The predicted octanol–water partition coefficient (Wildman–Crippen LogP) is 4.46. The number of benzene rings is 1. The molecule has 0 N–H and O–H groups in total. The molecule has 1 radical (unpaired) electrons. The Morgan fingerprint density at radius 2 is 1.73 bits per heavy atom. The van der Waals surface area contributed by atoms with E-state index in [1.807, 2.05) is 0 Å². The zero-order valence-corrected chi connectivity index (χ0v) is 14.6. The number of rotatable bonds is 3. The first kappa shape index (κ1) is 19.3. The Hall–Kier alpha value is -0.716. The second kappa shape index (κ2) is 7.71. The molecule has 0 fully saturated rings. The minimum absolute atomic E-state index is 0. The van der Waals surface area contributed by atoms with E-state index in [-0.39, 0.29) is 54.7 Å². The minimum atomic E-state index is -2.74. The molecule has 0 spiro atoms. The van der Waals surface area contributed by atoms with Gasteiger partial charge in [0, 0.05) is 32.7 Å². The first-order valence-electron chi connectivity index (χ1n) is 5.70. The van der Waals surface area contributed by atoms with Crippen molar-refractivity contribution in [3.05, 3.63) is 64.6 Å². The van der Waals surface area contributed by atoms with Crippen LogP contribution >= 0.6 is 11.6 Å². The van der Waals surface area contributed by atoms with Crippen molar-refractivity contribution >= 4 is 17.3 Å². The molecule has 0 amide bonds. The van der Waals surface area contributed by atoms with Gasteiger partial charge in [-0.05, 0) is 10.7 Å². The Balaban J connectivity index is 0.00000242. The molecule has 115 valence electrons. The van der Waals surface area contributed by atoms with Gasteiger partial charge in [0.15, 0.2) is 17.5 Å². The first-order valence-corrected chi connectivity index (χ1v) is 6.08. The van der Waals surface area contributed by atoms with Crippen LogP contribution in [-0.4, -0.2) is 17.9 Å². The van der Waals surface area contributed by atoms with E-state index in [1.165, 1.54) is 6.08 Å². The largest absolute Gasteiger partial charge is 0.368 e. The topological polar surface area (TPSA) is 3.24 Å². The van der Waals surface area contributed by atoms with Crippen LogP contribution in [-0.2, 0) is 32.7 Å². The van der Waals surface area contributed by atoms with Gasteiger partial charge in [-0.15, -0.1) is 0 Å². The second-order valence-corrected chi connectivity index (χ2v) is 4.59. The molecular formula is C14H8ClF5NY-. The number of allylic oxidation sites excluding steroid dienone is 3. The molecule has 1 heterocycles. The van der Waals surface area contributed by atoms with E-state index in [0.29, 0.717) is 12.1 Å². The maximum Gasteiger partial charge on any atom is 0.256 e. The van der Waals surface area contributed by atoms with Crippen LogP contribution in [0.4, 0.5) is 22.0 Å². The molecule has 8 heteroatoms. The van der Waals surface area contributed by atoms with Crippen LogP contribution in [0.15, 0.2) is 35.5 Å². The molecular weight excluding hydrogens is 402 g/mol. The van der Waals surface area contributed by atoms with E-state index >= 15 is 0 Å². The van der Waals surface area contributed by atoms with Crippen LogP contribution in [0, 0.1) is 23.5 Å². The SMILES string of the molecule is C=C1C(Cl)=C[C-]=C(c2cc(F)c(F)c(F)c2)N1CC(F)F.[Y]. The quantitative estimate of drug-likeness (QED) is 0.405. The normalized spacial score (nSPS) is 14.7. The maximum absolute atomic E-state index is 13.3. The van der Waals surface area contributed by atoms with E-state index in [1.54, 1.807) is 0 Å². The molecule has 1 aliphatic heterocycles. The summed E-state index contributed by atoms with van der Waals surface area (Å²) >= 11 is 5.78. The molecule has 2 rings (SSSR count). The van der Waals surface area contributed by atoms with Gasteiger partial charge in [-0.1, -0.05) is 30.0 Å². The minimum Gasteiger partial charge on any atom is -0.368 e. The fourth-order valence-electron chi connectivity index (χ4n) is 1.83. The third-order valence-corrected chi connectivity index (χ3v) is 3.11. The number of nitrogens with zero attached hydrogens (tertiary/aromatic N) is 1. The van der Waals surface area contributed by atoms with Crippen molar-refractivity contribution in [3.63, 3.8) is 0 Å². The Morgan fingerprint density at radius 3 is 2.23 bits per heavy atom. The van der Waals surface area contributed by atoms with Gasteiger partial charge in [-0.2, -0.15) is 23.8 Å². The summed E-state index contributed by atoms with van der Waals surface area (Å²) in [6, 6.07) is 1.39. The first-order chi connectivity index (χ1) is 9.81. The van der Waals surface area contributed by atoms with Crippen LogP contribution in [0.3, 0.4) is 0 Å². The summed E-state index contributed by atoms with van der Waals surface area (Å²) in [6.07, 6.45) is 1.04. The predicted molar refractivity (Wildman–Crippen MR) is 68.8 cm³/mol. The molecule has 0 saturated carbocycles. The summed E-state index contributed by atoms with van der Waals surface area (Å²) in [5, 5.41) is 0.0717. The van der Waals surface area contributed by atoms with Gasteiger partial charge in [0.05, 0.1) is 6.54 Å². The number of hydrogen-bond donors (Lipinski definition) is 0. The molecule has 0 aliphatic carbocycles. The van der Waals surface area contributed by atoms with E-state index < -0.39 is 30.4 Å². The van der Waals surface area contributed by atoms with Crippen molar-refractivity contribution in [2.75, 3.05) is 6.54 Å². The molecule has 0 aromatic heterocycles. The molecule has 0 bridgehead atoms. The van der Waals surface area contributed by atoms with Crippen LogP contribution in [0.1, 0.15) is 5.56 Å². The van der Waals surface area contributed by atoms with Crippen LogP contribution in [0.25, 0.3) is 5.70 Å². The maximum atomic E-state index is 13.3. The summed E-state index contributed by atoms with van der Waals surface area (Å²) < 4.78 is 64.8. The van der Waals surface area contributed by atoms with Crippen molar-refractivity contribution in [1.29, 1.82) is 0 Å². The van der Waals surface area contributed by atoms with Gasteiger partial charge in [-0.3, -0.25) is 0 Å². The van der Waals surface area contributed by atoms with Crippen molar-refractivity contribution in [2.24, 2.45) is 0 Å². The molecule has 1 nitrogen and oxygen atoms in total. The molecule has 0 saturated heterocycles.